The zero-order chi connectivity index (χ0) is 18.1. The third-order valence-electron chi connectivity index (χ3n) is 3.84. The van der Waals surface area contributed by atoms with Crippen LogP contribution < -0.4 is 11.2 Å². The van der Waals surface area contributed by atoms with Gasteiger partial charge in [0.25, 0.3) is 5.56 Å². The molecule has 7 heteroatoms. The SMILES string of the molecule is O=c1[nH]c2ccccc2c(=O)n1N=Cc1ccc(-c2ccc(F)cc2)o1. The second kappa shape index (κ2) is 6.29. The molecular weight excluding hydrogens is 337 g/mol. The van der Waals surface area contributed by atoms with E-state index in [2.05, 4.69) is 10.1 Å². The zero-order valence-electron chi connectivity index (χ0n) is 13.3. The number of hydrogen-bond donors (Lipinski definition) is 1. The molecule has 0 atom stereocenters. The van der Waals surface area contributed by atoms with Gasteiger partial charge in [0.05, 0.1) is 17.1 Å². The number of H-pyrrole nitrogens is 1. The first-order valence-electron chi connectivity index (χ1n) is 7.76. The van der Waals surface area contributed by atoms with Gasteiger partial charge in [0.2, 0.25) is 0 Å². The van der Waals surface area contributed by atoms with E-state index in [9.17, 15) is 14.0 Å². The maximum Gasteiger partial charge on any atom is 0.349 e. The van der Waals surface area contributed by atoms with Crippen LogP contribution in [0.5, 0.6) is 0 Å². The Morgan fingerprint density at radius 1 is 1.00 bits per heavy atom. The molecule has 0 aliphatic rings. The standard InChI is InChI=1S/C19H12FN3O3/c20-13-7-5-12(6-8-13)17-10-9-14(26-17)11-21-23-18(24)15-3-1-2-4-16(15)22-19(23)25/h1-11H,(H,22,25). The number of nitrogens with one attached hydrogen (secondary N) is 1. The molecule has 2 heterocycles. The van der Waals surface area contributed by atoms with Crippen molar-refractivity contribution in [3.05, 3.63) is 93.1 Å². The molecule has 1 N–H and O–H groups in total. The van der Waals surface area contributed by atoms with Gasteiger partial charge in [0.1, 0.15) is 17.3 Å². The number of hydrogen-bond acceptors (Lipinski definition) is 4. The Morgan fingerprint density at radius 2 is 1.77 bits per heavy atom. The molecule has 0 aliphatic carbocycles. The predicted molar refractivity (Wildman–Crippen MR) is 95.9 cm³/mol. The van der Waals surface area contributed by atoms with Crippen LogP contribution in [-0.4, -0.2) is 15.9 Å². The van der Waals surface area contributed by atoms with Crippen molar-refractivity contribution in [2.45, 2.75) is 0 Å². The Hall–Kier alpha value is -3.74. The fourth-order valence-corrected chi connectivity index (χ4v) is 2.56. The van der Waals surface area contributed by atoms with Crippen molar-refractivity contribution in [3.8, 4) is 11.3 Å². The third-order valence-corrected chi connectivity index (χ3v) is 3.84. The van der Waals surface area contributed by atoms with E-state index in [0.29, 0.717) is 28.0 Å². The number of aromatic amines is 1. The molecule has 0 saturated heterocycles. The monoisotopic (exact) mass is 349 g/mol. The number of benzene rings is 2. The van der Waals surface area contributed by atoms with Gasteiger partial charge in [-0.2, -0.15) is 5.10 Å². The third kappa shape index (κ3) is 2.86. The number of furan rings is 1. The van der Waals surface area contributed by atoms with Crippen LogP contribution in [0.25, 0.3) is 22.2 Å². The first kappa shape index (κ1) is 15.8. The number of halogens is 1. The number of aromatic nitrogens is 2. The summed E-state index contributed by atoms with van der Waals surface area (Å²) in [6.07, 6.45) is 1.28. The van der Waals surface area contributed by atoms with Crippen molar-refractivity contribution < 1.29 is 8.81 Å². The van der Waals surface area contributed by atoms with Crippen LogP contribution in [0.2, 0.25) is 0 Å². The summed E-state index contributed by atoms with van der Waals surface area (Å²) in [6, 6.07) is 15.9. The molecule has 0 saturated carbocycles. The van der Waals surface area contributed by atoms with Gasteiger partial charge in [0.15, 0.2) is 0 Å². The first-order chi connectivity index (χ1) is 12.6. The smallest absolute Gasteiger partial charge is 0.349 e. The van der Waals surface area contributed by atoms with Crippen LogP contribution in [0.1, 0.15) is 5.76 Å². The molecule has 0 bridgehead atoms. The maximum atomic E-state index is 13.0. The van der Waals surface area contributed by atoms with Crippen molar-refractivity contribution in [1.82, 2.24) is 9.66 Å². The predicted octanol–water partition coefficient (Wildman–Crippen LogP) is 2.97. The summed E-state index contributed by atoms with van der Waals surface area (Å²) in [7, 11) is 0. The molecule has 6 nitrogen and oxygen atoms in total. The summed E-state index contributed by atoms with van der Waals surface area (Å²) in [5, 5.41) is 4.29. The molecular formula is C19H12FN3O3. The molecule has 0 amide bonds. The van der Waals surface area contributed by atoms with E-state index in [1.54, 1.807) is 48.5 Å². The Kier molecular flexibility index (Phi) is 3.81. The highest BCUT2D eigenvalue weighted by molar-refractivity contribution is 5.78. The second-order valence-corrected chi connectivity index (χ2v) is 5.55. The highest BCUT2D eigenvalue weighted by atomic mass is 19.1. The summed E-state index contributed by atoms with van der Waals surface area (Å²) in [6.45, 7) is 0. The first-order valence-corrected chi connectivity index (χ1v) is 7.76. The Labute approximate surface area is 145 Å². The van der Waals surface area contributed by atoms with Crippen molar-refractivity contribution >= 4 is 17.1 Å². The van der Waals surface area contributed by atoms with Crippen molar-refractivity contribution in [1.29, 1.82) is 0 Å². The minimum absolute atomic E-state index is 0.336. The van der Waals surface area contributed by atoms with E-state index >= 15 is 0 Å². The number of para-hydroxylation sites is 1. The van der Waals surface area contributed by atoms with Crippen LogP contribution in [0.3, 0.4) is 0 Å². The lowest BCUT2D eigenvalue weighted by Gasteiger charge is -2.00. The lowest BCUT2D eigenvalue weighted by molar-refractivity contribution is 0.573. The molecule has 4 rings (SSSR count). The van der Waals surface area contributed by atoms with Crippen LogP contribution in [0.15, 0.2) is 79.8 Å². The summed E-state index contributed by atoms with van der Waals surface area (Å²) < 4.78 is 19.3. The molecule has 4 aromatic rings. The second-order valence-electron chi connectivity index (χ2n) is 5.55. The lowest BCUT2D eigenvalue weighted by Crippen LogP contribution is -2.32. The number of rotatable bonds is 3. The van der Waals surface area contributed by atoms with E-state index < -0.39 is 11.2 Å². The maximum absolute atomic E-state index is 13.0. The largest absolute Gasteiger partial charge is 0.455 e. The minimum Gasteiger partial charge on any atom is -0.455 e. The van der Waals surface area contributed by atoms with Gasteiger partial charge in [-0.1, -0.05) is 12.1 Å². The average molecular weight is 349 g/mol. The topological polar surface area (TPSA) is 80.4 Å². The van der Waals surface area contributed by atoms with E-state index in [4.69, 9.17) is 4.42 Å². The highest BCUT2D eigenvalue weighted by Gasteiger charge is 2.07. The molecule has 2 aromatic heterocycles. The van der Waals surface area contributed by atoms with Crippen LogP contribution in [-0.2, 0) is 0 Å². The van der Waals surface area contributed by atoms with Crippen LogP contribution >= 0.6 is 0 Å². The van der Waals surface area contributed by atoms with Gasteiger partial charge < -0.3 is 9.40 Å². The fraction of sp³-hybridized carbons (Fsp3) is 0. The van der Waals surface area contributed by atoms with Crippen LogP contribution in [0.4, 0.5) is 4.39 Å². The van der Waals surface area contributed by atoms with Gasteiger partial charge >= 0.3 is 5.69 Å². The molecule has 2 aromatic carbocycles. The Balaban J connectivity index is 1.69. The van der Waals surface area contributed by atoms with E-state index in [-0.39, 0.29) is 5.82 Å². The van der Waals surface area contributed by atoms with E-state index in [1.165, 1.54) is 18.3 Å². The van der Waals surface area contributed by atoms with Gasteiger partial charge in [0, 0.05) is 5.56 Å². The quantitative estimate of drug-likeness (QED) is 0.578. The molecule has 0 aliphatic heterocycles. The minimum atomic E-state index is -0.643. The molecule has 0 unspecified atom stereocenters. The normalized spacial score (nSPS) is 11.4. The molecule has 0 spiro atoms. The van der Waals surface area contributed by atoms with Crippen LogP contribution in [0, 0.1) is 5.82 Å². The Bertz CT molecular complexity index is 1230. The molecule has 0 radical (unpaired) electrons. The zero-order valence-corrected chi connectivity index (χ0v) is 13.3. The van der Waals surface area contributed by atoms with E-state index in [0.717, 1.165) is 4.68 Å². The van der Waals surface area contributed by atoms with Gasteiger partial charge in [-0.05, 0) is 48.5 Å². The lowest BCUT2D eigenvalue weighted by atomic mass is 10.2. The Morgan fingerprint density at radius 3 is 2.58 bits per heavy atom. The molecule has 128 valence electrons. The highest BCUT2D eigenvalue weighted by Crippen LogP contribution is 2.21. The van der Waals surface area contributed by atoms with Gasteiger partial charge in [-0.3, -0.25) is 4.79 Å². The van der Waals surface area contributed by atoms with Crippen molar-refractivity contribution in [2.75, 3.05) is 0 Å². The summed E-state index contributed by atoms with van der Waals surface area (Å²) in [5.74, 6) is 0.534. The number of fused-ring (bicyclic) bond motifs is 1. The molecule has 26 heavy (non-hydrogen) atoms. The fourth-order valence-electron chi connectivity index (χ4n) is 2.56. The summed E-state index contributed by atoms with van der Waals surface area (Å²) >= 11 is 0. The van der Waals surface area contributed by atoms with Crippen molar-refractivity contribution in [3.63, 3.8) is 0 Å². The van der Waals surface area contributed by atoms with Crippen molar-refractivity contribution in [2.24, 2.45) is 5.10 Å². The van der Waals surface area contributed by atoms with E-state index in [1.807, 2.05) is 0 Å². The summed E-state index contributed by atoms with van der Waals surface area (Å²) in [4.78, 5) is 27.1. The average Bonchev–Trinajstić information content (AvgIpc) is 3.11. The summed E-state index contributed by atoms with van der Waals surface area (Å²) in [5.41, 5.74) is -0.0153. The number of nitrogens with zero attached hydrogens (tertiary/aromatic N) is 2. The van der Waals surface area contributed by atoms with Gasteiger partial charge in [-0.15, -0.1) is 4.68 Å². The van der Waals surface area contributed by atoms with Gasteiger partial charge in [-0.25, -0.2) is 9.18 Å². The molecule has 0 fully saturated rings.